The Morgan fingerprint density at radius 2 is 1.90 bits per heavy atom. The summed E-state index contributed by atoms with van der Waals surface area (Å²) in [5, 5.41) is 20.8. The van der Waals surface area contributed by atoms with Gasteiger partial charge in [0.15, 0.2) is 5.60 Å². The zero-order chi connectivity index (χ0) is 21.3. The van der Waals surface area contributed by atoms with E-state index in [1.807, 2.05) is 42.5 Å². The molecule has 2 aromatic rings. The van der Waals surface area contributed by atoms with Gasteiger partial charge in [0.2, 0.25) is 5.91 Å². The van der Waals surface area contributed by atoms with E-state index in [0.717, 1.165) is 6.42 Å². The lowest BCUT2D eigenvalue weighted by Gasteiger charge is -2.28. The van der Waals surface area contributed by atoms with Gasteiger partial charge in [-0.1, -0.05) is 37.3 Å². The SMILES string of the molecule is C[C@H](/C=C/CCO)[C@@]1(O)C(=O)N(c2ccccc2)c2ccc(N3CCCC3=O)cc21. The molecule has 0 radical (unpaired) electrons. The van der Waals surface area contributed by atoms with Crippen LogP contribution in [0.3, 0.4) is 0 Å². The summed E-state index contributed by atoms with van der Waals surface area (Å²) >= 11 is 0. The van der Waals surface area contributed by atoms with Crippen LogP contribution in [-0.4, -0.2) is 35.2 Å². The first-order valence-electron chi connectivity index (χ1n) is 10.3. The average molecular weight is 406 g/mol. The normalized spacial score (nSPS) is 22.2. The molecule has 2 N–H and O–H groups in total. The highest BCUT2D eigenvalue weighted by Crippen LogP contribution is 2.49. The van der Waals surface area contributed by atoms with Crippen molar-refractivity contribution in [1.29, 1.82) is 0 Å². The summed E-state index contributed by atoms with van der Waals surface area (Å²) in [6.45, 7) is 2.43. The molecule has 1 fully saturated rings. The molecule has 6 heteroatoms. The molecule has 0 spiro atoms. The molecule has 2 amide bonds. The summed E-state index contributed by atoms with van der Waals surface area (Å²) in [6.07, 6.45) is 5.30. The fourth-order valence-electron chi connectivity index (χ4n) is 4.30. The van der Waals surface area contributed by atoms with Crippen LogP contribution in [-0.2, 0) is 15.2 Å². The van der Waals surface area contributed by atoms with E-state index in [-0.39, 0.29) is 12.5 Å². The quantitative estimate of drug-likeness (QED) is 0.722. The Bertz CT molecular complexity index is 988. The molecule has 2 heterocycles. The van der Waals surface area contributed by atoms with Crippen molar-refractivity contribution in [3.8, 4) is 0 Å². The lowest BCUT2D eigenvalue weighted by Crippen LogP contribution is -2.42. The van der Waals surface area contributed by atoms with Gasteiger partial charge in [-0.3, -0.25) is 14.5 Å². The molecule has 1 saturated heterocycles. The smallest absolute Gasteiger partial charge is 0.268 e. The molecule has 0 unspecified atom stereocenters. The zero-order valence-corrected chi connectivity index (χ0v) is 17.0. The van der Waals surface area contributed by atoms with E-state index in [0.29, 0.717) is 42.0 Å². The van der Waals surface area contributed by atoms with E-state index < -0.39 is 17.4 Å². The molecule has 0 aromatic heterocycles. The molecular weight excluding hydrogens is 380 g/mol. The third-order valence-corrected chi connectivity index (χ3v) is 5.94. The molecule has 2 atom stereocenters. The standard InChI is InChI=1S/C24H26N2O4/c1-17(8-5-6-15-27)24(30)20-16-19(25-14-7-11-22(25)28)12-13-21(20)26(23(24)29)18-9-3-2-4-10-18/h2-5,8-10,12-13,16-17,27,30H,6-7,11,14-15H2,1H3/b8-5+/t17-,24+/m1/s1. The molecule has 2 aliphatic rings. The number of benzene rings is 2. The number of anilines is 3. The lowest BCUT2D eigenvalue weighted by atomic mass is 9.82. The predicted octanol–water partition coefficient (Wildman–Crippen LogP) is 3.25. The lowest BCUT2D eigenvalue weighted by molar-refractivity contribution is -0.138. The minimum absolute atomic E-state index is 0.00351. The largest absolute Gasteiger partial charge is 0.396 e. The number of aliphatic hydroxyl groups is 2. The summed E-state index contributed by atoms with van der Waals surface area (Å²) in [4.78, 5) is 29.1. The average Bonchev–Trinajstić information content (AvgIpc) is 3.28. The Balaban J connectivity index is 1.83. The van der Waals surface area contributed by atoms with Gasteiger partial charge < -0.3 is 15.1 Å². The summed E-state index contributed by atoms with van der Waals surface area (Å²) in [7, 11) is 0. The number of nitrogens with zero attached hydrogens (tertiary/aromatic N) is 2. The Morgan fingerprint density at radius 3 is 2.57 bits per heavy atom. The van der Waals surface area contributed by atoms with Crippen LogP contribution in [0.15, 0.2) is 60.7 Å². The second kappa shape index (κ2) is 8.05. The highest BCUT2D eigenvalue weighted by molar-refractivity contribution is 6.12. The number of carbonyl (C=O) groups is 2. The fraction of sp³-hybridized carbons (Fsp3) is 0.333. The minimum atomic E-state index is -1.77. The number of amides is 2. The van der Waals surface area contributed by atoms with Crippen molar-refractivity contribution in [3.05, 3.63) is 66.2 Å². The highest BCUT2D eigenvalue weighted by atomic mass is 16.3. The first-order valence-corrected chi connectivity index (χ1v) is 10.3. The zero-order valence-electron chi connectivity index (χ0n) is 17.0. The van der Waals surface area contributed by atoms with Crippen LogP contribution in [0.4, 0.5) is 17.1 Å². The van der Waals surface area contributed by atoms with Crippen molar-refractivity contribution in [2.75, 3.05) is 23.0 Å². The highest BCUT2D eigenvalue weighted by Gasteiger charge is 2.53. The fourth-order valence-corrected chi connectivity index (χ4v) is 4.30. The molecule has 0 aliphatic carbocycles. The molecular formula is C24H26N2O4. The van der Waals surface area contributed by atoms with Crippen LogP contribution in [0.5, 0.6) is 0 Å². The third-order valence-electron chi connectivity index (χ3n) is 5.94. The first-order chi connectivity index (χ1) is 14.5. The van der Waals surface area contributed by atoms with Crippen LogP contribution in [0, 0.1) is 5.92 Å². The summed E-state index contributed by atoms with van der Waals surface area (Å²) < 4.78 is 0. The van der Waals surface area contributed by atoms with E-state index in [9.17, 15) is 14.7 Å². The van der Waals surface area contributed by atoms with Gasteiger partial charge in [0.05, 0.1) is 5.69 Å². The van der Waals surface area contributed by atoms with E-state index in [4.69, 9.17) is 5.11 Å². The van der Waals surface area contributed by atoms with E-state index in [1.54, 1.807) is 34.9 Å². The third kappa shape index (κ3) is 3.22. The number of para-hydroxylation sites is 1. The Kier molecular flexibility index (Phi) is 5.45. The Morgan fingerprint density at radius 1 is 1.13 bits per heavy atom. The van der Waals surface area contributed by atoms with Crippen LogP contribution >= 0.6 is 0 Å². The molecule has 0 bridgehead atoms. The number of hydrogen-bond acceptors (Lipinski definition) is 4. The number of rotatable bonds is 6. The number of aliphatic hydroxyl groups excluding tert-OH is 1. The molecule has 0 saturated carbocycles. The van der Waals surface area contributed by atoms with E-state index in [2.05, 4.69) is 0 Å². The second-order valence-corrected chi connectivity index (χ2v) is 7.82. The maximum atomic E-state index is 13.6. The van der Waals surface area contributed by atoms with Crippen molar-refractivity contribution in [2.24, 2.45) is 5.92 Å². The second-order valence-electron chi connectivity index (χ2n) is 7.82. The topological polar surface area (TPSA) is 81.1 Å². The van der Waals surface area contributed by atoms with Gasteiger partial charge in [-0.05, 0) is 43.2 Å². The van der Waals surface area contributed by atoms with Crippen LogP contribution < -0.4 is 9.80 Å². The van der Waals surface area contributed by atoms with Gasteiger partial charge in [0.25, 0.3) is 5.91 Å². The maximum absolute atomic E-state index is 13.6. The number of carbonyl (C=O) groups excluding carboxylic acids is 2. The predicted molar refractivity (Wildman–Crippen MR) is 116 cm³/mol. The van der Waals surface area contributed by atoms with Crippen LogP contribution in [0.1, 0.15) is 31.7 Å². The van der Waals surface area contributed by atoms with Gasteiger partial charge in [-0.25, -0.2) is 0 Å². The Labute approximate surface area is 176 Å². The van der Waals surface area contributed by atoms with Crippen molar-refractivity contribution >= 4 is 28.9 Å². The number of hydrogen-bond donors (Lipinski definition) is 2. The molecule has 156 valence electrons. The summed E-state index contributed by atoms with van der Waals surface area (Å²) in [5.74, 6) is -0.887. The molecule has 2 aliphatic heterocycles. The van der Waals surface area contributed by atoms with Crippen LogP contribution in [0.25, 0.3) is 0 Å². The first kappa shape index (κ1) is 20.3. The van der Waals surface area contributed by atoms with Gasteiger partial charge in [-0.2, -0.15) is 0 Å². The van der Waals surface area contributed by atoms with Gasteiger partial charge in [0, 0.05) is 42.4 Å². The summed E-state index contributed by atoms with van der Waals surface area (Å²) in [5.41, 5.74) is 0.719. The summed E-state index contributed by atoms with van der Waals surface area (Å²) in [6, 6.07) is 14.7. The van der Waals surface area contributed by atoms with Gasteiger partial charge >= 0.3 is 0 Å². The number of fused-ring (bicyclic) bond motifs is 1. The van der Waals surface area contributed by atoms with Gasteiger partial charge in [0.1, 0.15) is 0 Å². The molecule has 6 nitrogen and oxygen atoms in total. The van der Waals surface area contributed by atoms with Crippen molar-refractivity contribution < 1.29 is 19.8 Å². The Hall–Kier alpha value is -2.96. The monoisotopic (exact) mass is 406 g/mol. The van der Waals surface area contributed by atoms with Crippen molar-refractivity contribution in [1.82, 2.24) is 0 Å². The molecule has 2 aromatic carbocycles. The van der Waals surface area contributed by atoms with Crippen molar-refractivity contribution in [3.63, 3.8) is 0 Å². The maximum Gasteiger partial charge on any atom is 0.268 e. The van der Waals surface area contributed by atoms with E-state index >= 15 is 0 Å². The van der Waals surface area contributed by atoms with Crippen molar-refractivity contribution in [2.45, 2.75) is 31.8 Å². The molecule has 30 heavy (non-hydrogen) atoms. The van der Waals surface area contributed by atoms with Crippen LogP contribution in [0.2, 0.25) is 0 Å². The van der Waals surface area contributed by atoms with Gasteiger partial charge in [-0.15, -0.1) is 0 Å². The minimum Gasteiger partial charge on any atom is -0.396 e. The molecule has 4 rings (SSSR count). The van der Waals surface area contributed by atoms with E-state index in [1.165, 1.54) is 0 Å².